The fraction of sp³-hybridized carbons (Fsp3) is 0.200. The fourth-order valence-electron chi connectivity index (χ4n) is 2.30. The molecule has 0 aliphatic heterocycles. The second-order valence-electron chi connectivity index (χ2n) is 5.20. The van der Waals surface area contributed by atoms with E-state index in [2.05, 4.69) is 6.58 Å². The number of Topliss-reactive ketones (excluding diaryl/α,β-unsaturated/α-hetero) is 1. The normalized spacial score (nSPS) is 11.5. The van der Waals surface area contributed by atoms with E-state index in [1.54, 1.807) is 6.92 Å². The quantitative estimate of drug-likeness (QED) is 0.547. The Balaban J connectivity index is 2.45. The van der Waals surface area contributed by atoms with E-state index in [0.29, 0.717) is 6.42 Å². The van der Waals surface area contributed by atoms with Crippen LogP contribution in [0.2, 0.25) is 0 Å². The first-order valence-corrected chi connectivity index (χ1v) is 7.52. The molecular formula is C20H21NO. The summed E-state index contributed by atoms with van der Waals surface area (Å²) in [5.41, 5.74) is 2.92. The van der Waals surface area contributed by atoms with Crippen molar-refractivity contribution in [3.05, 3.63) is 84.4 Å². The molecule has 0 aliphatic carbocycles. The van der Waals surface area contributed by atoms with Crippen molar-refractivity contribution in [3.8, 4) is 0 Å². The van der Waals surface area contributed by atoms with E-state index in [-0.39, 0.29) is 11.8 Å². The van der Waals surface area contributed by atoms with Gasteiger partial charge in [0.05, 0.1) is 5.71 Å². The van der Waals surface area contributed by atoms with E-state index in [0.717, 1.165) is 23.3 Å². The maximum atomic E-state index is 11.9. The summed E-state index contributed by atoms with van der Waals surface area (Å²) in [5, 5.41) is 0. The van der Waals surface area contributed by atoms with Crippen molar-refractivity contribution in [2.24, 2.45) is 4.99 Å². The number of aliphatic imine (C=N–C) groups is 1. The van der Waals surface area contributed by atoms with Crippen LogP contribution in [0, 0.1) is 0 Å². The lowest BCUT2D eigenvalue weighted by molar-refractivity contribution is -0.118. The first kappa shape index (κ1) is 15.9. The number of ketones is 1. The van der Waals surface area contributed by atoms with Crippen LogP contribution in [0.3, 0.4) is 0 Å². The molecular weight excluding hydrogens is 270 g/mol. The Morgan fingerprint density at radius 1 is 1.05 bits per heavy atom. The number of allylic oxidation sites excluding steroid dienone is 1. The molecule has 2 nitrogen and oxygen atoms in total. The van der Waals surface area contributed by atoms with Gasteiger partial charge in [-0.15, -0.1) is 6.58 Å². The van der Waals surface area contributed by atoms with Crippen LogP contribution < -0.4 is 0 Å². The van der Waals surface area contributed by atoms with Gasteiger partial charge < -0.3 is 0 Å². The van der Waals surface area contributed by atoms with Gasteiger partial charge in [0, 0.05) is 11.1 Å². The number of benzene rings is 2. The number of carbonyl (C=O) groups excluding carboxylic acids is 1. The fourth-order valence-corrected chi connectivity index (χ4v) is 2.30. The minimum Gasteiger partial charge on any atom is -0.298 e. The van der Waals surface area contributed by atoms with E-state index >= 15 is 0 Å². The van der Waals surface area contributed by atoms with Crippen LogP contribution in [-0.2, 0) is 4.79 Å². The molecule has 0 saturated heterocycles. The number of hydrogen-bond donors (Lipinski definition) is 0. The maximum absolute atomic E-state index is 11.9. The van der Waals surface area contributed by atoms with Gasteiger partial charge in [-0.3, -0.25) is 9.79 Å². The Kier molecular flexibility index (Phi) is 5.84. The van der Waals surface area contributed by atoms with Gasteiger partial charge in [-0.05, 0) is 19.8 Å². The first-order valence-electron chi connectivity index (χ1n) is 7.52. The number of carbonyl (C=O) groups is 1. The van der Waals surface area contributed by atoms with Crippen molar-refractivity contribution in [2.45, 2.75) is 25.8 Å². The minimum absolute atomic E-state index is 0.0891. The molecule has 112 valence electrons. The van der Waals surface area contributed by atoms with Crippen LogP contribution in [0.5, 0.6) is 0 Å². The van der Waals surface area contributed by atoms with Gasteiger partial charge in [0.1, 0.15) is 6.04 Å². The highest BCUT2D eigenvalue weighted by atomic mass is 16.1. The van der Waals surface area contributed by atoms with Crippen LogP contribution in [0.25, 0.3) is 0 Å². The van der Waals surface area contributed by atoms with Crippen molar-refractivity contribution in [3.63, 3.8) is 0 Å². The summed E-state index contributed by atoms with van der Waals surface area (Å²) < 4.78 is 0. The Bertz CT molecular complexity index is 602. The molecule has 22 heavy (non-hydrogen) atoms. The van der Waals surface area contributed by atoms with Crippen molar-refractivity contribution in [1.82, 2.24) is 0 Å². The Morgan fingerprint density at radius 2 is 1.55 bits per heavy atom. The molecule has 0 bridgehead atoms. The van der Waals surface area contributed by atoms with E-state index in [1.807, 2.05) is 66.7 Å². The Labute approximate surface area is 132 Å². The summed E-state index contributed by atoms with van der Waals surface area (Å²) in [6, 6.07) is 19.7. The van der Waals surface area contributed by atoms with Crippen LogP contribution in [0.4, 0.5) is 0 Å². The van der Waals surface area contributed by atoms with Gasteiger partial charge in [-0.2, -0.15) is 0 Å². The molecule has 0 heterocycles. The van der Waals surface area contributed by atoms with Gasteiger partial charge in [0.15, 0.2) is 5.78 Å². The molecule has 2 aromatic rings. The summed E-state index contributed by atoms with van der Waals surface area (Å²) in [5.74, 6) is 0.0891. The maximum Gasteiger partial charge on any atom is 0.154 e. The molecule has 0 aromatic heterocycles. The largest absolute Gasteiger partial charge is 0.298 e. The predicted molar refractivity (Wildman–Crippen MR) is 92.4 cm³/mol. The van der Waals surface area contributed by atoms with E-state index in [1.165, 1.54) is 0 Å². The molecule has 0 aliphatic rings. The smallest absolute Gasteiger partial charge is 0.154 e. The second kappa shape index (κ2) is 8.08. The zero-order chi connectivity index (χ0) is 15.8. The third-order valence-electron chi connectivity index (χ3n) is 3.49. The average Bonchev–Trinajstić information content (AvgIpc) is 2.56. The summed E-state index contributed by atoms with van der Waals surface area (Å²) in [6.07, 6.45) is 3.31. The van der Waals surface area contributed by atoms with Crippen LogP contribution in [0.1, 0.15) is 30.9 Å². The van der Waals surface area contributed by atoms with Crippen LogP contribution in [-0.4, -0.2) is 17.5 Å². The van der Waals surface area contributed by atoms with Gasteiger partial charge in [-0.25, -0.2) is 0 Å². The van der Waals surface area contributed by atoms with Gasteiger partial charge in [0.2, 0.25) is 0 Å². The highest BCUT2D eigenvalue weighted by molar-refractivity contribution is 6.13. The van der Waals surface area contributed by atoms with Crippen molar-refractivity contribution in [1.29, 1.82) is 0 Å². The van der Waals surface area contributed by atoms with E-state index in [9.17, 15) is 4.79 Å². The molecule has 1 unspecified atom stereocenters. The van der Waals surface area contributed by atoms with E-state index < -0.39 is 0 Å². The molecule has 2 heteroatoms. The van der Waals surface area contributed by atoms with Crippen molar-refractivity contribution >= 4 is 11.5 Å². The number of rotatable bonds is 7. The lowest BCUT2D eigenvalue weighted by Gasteiger charge is -2.13. The van der Waals surface area contributed by atoms with Crippen molar-refractivity contribution < 1.29 is 4.79 Å². The molecule has 2 rings (SSSR count). The molecule has 0 fully saturated rings. The molecule has 0 amide bonds. The summed E-state index contributed by atoms with van der Waals surface area (Å²) in [6.45, 7) is 5.33. The lowest BCUT2D eigenvalue weighted by atomic mass is 10.0. The van der Waals surface area contributed by atoms with Crippen molar-refractivity contribution in [2.75, 3.05) is 0 Å². The highest BCUT2D eigenvalue weighted by Crippen LogP contribution is 2.14. The standard InChI is InChI=1S/C20H21NO/c1-3-4-15-19(16(2)22)21-20(17-11-7-5-8-12-17)18-13-9-6-10-14-18/h3,5-14,19H,1,4,15H2,2H3. The van der Waals surface area contributed by atoms with E-state index in [4.69, 9.17) is 4.99 Å². The summed E-state index contributed by atoms with van der Waals surface area (Å²) in [4.78, 5) is 16.7. The third kappa shape index (κ3) is 4.26. The molecule has 0 saturated carbocycles. The van der Waals surface area contributed by atoms with Crippen LogP contribution in [0.15, 0.2) is 78.3 Å². The van der Waals surface area contributed by atoms with Gasteiger partial charge >= 0.3 is 0 Å². The zero-order valence-corrected chi connectivity index (χ0v) is 12.9. The van der Waals surface area contributed by atoms with Crippen LogP contribution >= 0.6 is 0 Å². The summed E-state index contributed by atoms with van der Waals surface area (Å²) in [7, 11) is 0. The molecule has 1 atom stereocenters. The second-order valence-corrected chi connectivity index (χ2v) is 5.20. The topological polar surface area (TPSA) is 29.4 Å². The zero-order valence-electron chi connectivity index (χ0n) is 12.9. The summed E-state index contributed by atoms with van der Waals surface area (Å²) >= 11 is 0. The monoisotopic (exact) mass is 291 g/mol. The number of hydrogen-bond acceptors (Lipinski definition) is 2. The molecule has 0 radical (unpaired) electrons. The SMILES string of the molecule is C=CCCC(N=C(c1ccccc1)c1ccccc1)C(C)=O. The molecule has 0 N–H and O–H groups in total. The van der Waals surface area contributed by atoms with Gasteiger partial charge in [-0.1, -0.05) is 66.7 Å². The van der Waals surface area contributed by atoms with Gasteiger partial charge in [0.25, 0.3) is 0 Å². The molecule has 0 spiro atoms. The highest BCUT2D eigenvalue weighted by Gasteiger charge is 2.15. The minimum atomic E-state index is -0.326. The molecule has 2 aromatic carbocycles. The lowest BCUT2D eigenvalue weighted by Crippen LogP contribution is -2.18. The predicted octanol–water partition coefficient (Wildman–Crippen LogP) is 4.45. The number of nitrogens with zero attached hydrogens (tertiary/aromatic N) is 1. The third-order valence-corrected chi connectivity index (χ3v) is 3.49. The Morgan fingerprint density at radius 3 is 1.95 bits per heavy atom. The first-order chi connectivity index (χ1) is 10.7. The Hall–Kier alpha value is -2.48. The average molecular weight is 291 g/mol.